The molecule has 3 N–H and O–H groups in total. The molecule has 0 fully saturated rings. The second kappa shape index (κ2) is 5.44. The van der Waals surface area contributed by atoms with E-state index >= 15 is 0 Å². The summed E-state index contributed by atoms with van der Waals surface area (Å²) in [4.78, 5) is 33.5. The molecule has 1 rings (SSSR count). The van der Waals surface area contributed by atoms with Crippen molar-refractivity contribution in [2.45, 2.75) is 20.3 Å². The van der Waals surface area contributed by atoms with Gasteiger partial charge in [-0.1, -0.05) is 6.92 Å². The van der Waals surface area contributed by atoms with Crippen molar-refractivity contribution in [1.82, 2.24) is 15.5 Å². The van der Waals surface area contributed by atoms with Crippen LogP contribution in [0.3, 0.4) is 0 Å². The smallest absolute Gasteiger partial charge is 0.311 e. The van der Waals surface area contributed by atoms with Gasteiger partial charge < -0.3 is 10.4 Å². The molecule has 1 aromatic rings. The van der Waals surface area contributed by atoms with Crippen molar-refractivity contribution in [3.63, 3.8) is 0 Å². The molecule has 1 amide bonds. The molecule has 0 aliphatic rings. The standard InChI is InChI=1S/C11H15N3O4/c1-3-11(2,10(17)18)6-12-9(16)7-4-5-8(15)14-13-7/h4-5H,3,6H2,1-2H3,(H,12,16)(H,14,15)(H,17,18). The first-order chi connectivity index (χ1) is 8.39. The number of H-pyrrole nitrogens is 1. The minimum Gasteiger partial charge on any atom is -0.481 e. The van der Waals surface area contributed by atoms with Crippen LogP contribution in [0.25, 0.3) is 0 Å². The molecule has 0 saturated heterocycles. The highest BCUT2D eigenvalue weighted by Gasteiger charge is 2.31. The van der Waals surface area contributed by atoms with Crippen molar-refractivity contribution in [2.75, 3.05) is 6.54 Å². The Labute approximate surface area is 103 Å². The summed E-state index contributed by atoms with van der Waals surface area (Å²) < 4.78 is 0. The second-order valence-corrected chi connectivity index (χ2v) is 4.21. The first kappa shape index (κ1) is 13.9. The summed E-state index contributed by atoms with van der Waals surface area (Å²) >= 11 is 0. The molecule has 7 heteroatoms. The summed E-state index contributed by atoms with van der Waals surface area (Å²) in [6.07, 6.45) is 0.391. The van der Waals surface area contributed by atoms with E-state index in [-0.39, 0.29) is 12.2 Å². The van der Waals surface area contributed by atoms with Gasteiger partial charge in [-0.15, -0.1) is 0 Å². The summed E-state index contributed by atoms with van der Waals surface area (Å²) in [5.41, 5.74) is -1.38. The van der Waals surface area contributed by atoms with E-state index in [0.29, 0.717) is 6.42 Å². The topological polar surface area (TPSA) is 112 Å². The number of nitrogens with zero attached hydrogens (tertiary/aromatic N) is 1. The zero-order valence-corrected chi connectivity index (χ0v) is 10.2. The van der Waals surface area contributed by atoms with Crippen LogP contribution >= 0.6 is 0 Å². The van der Waals surface area contributed by atoms with Gasteiger partial charge in [-0.2, -0.15) is 5.10 Å². The lowest BCUT2D eigenvalue weighted by Gasteiger charge is -2.22. The number of hydrogen-bond donors (Lipinski definition) is 3. The van der Waals surface area contributed by atoms with Gasteiger partial charge in [0.05, 0.1) is 5.41 Å². The van der Waals surface area contributed by atoms with Crippen molar-refractivity contribution in [1.29, 1.82) is 0 Å². The Morgan fingerprint density at radius 3 is 2.61 bits per heavy atom. The Hall–Kier alpha value is -2.18. The molecule has 1 unspecified atom stereocenters. The second-order valence-electron chi connectivity index (χ2n) is 4.21. The Morgan fingerprint density at radius 2 is 2.17 bits per heavy atom. The zero-order valence-electron chi connectivity index (χ0n) is 10.2. The van der Waals surface area contributed by atoms with Gasteiger partial charge in [-0.25, -0.2) is 5.10 Å². The number of nitrogens with one attached hydrogen (secondary N) is 2. The van der Waals surface area contributed by atoms with Crippen LogP contribution in [0.4, 0.5) is 0 Å². The van der Waals surface area contributed by atoms with Crippen LogP contribution in [0.1, 0.15) is 30.8 Å². The minimum atomic E-state index is -1.02. The van der Waals surface area contributed by atoms with Crippen LogP contribution in [-0.2, 0) is 4.79 Å². The molecule has 98 valence electrons. The number of hydrogen-bond acceptors (Lipinski definition) is 4. The van der Waals surface area contributed by atoms with Crippen molar-refractivity contribution < 1.29 is 14.7 Å². The molecule has 0 aromatic carbocycles. The molecule has 1 aromatic heterocycles. The number of amides is 1. The molecule has 1 atom stereocenters. The maximum absolute atomic E-state index is 11.7. The molecule has 0 bridgehead atoms. The molecule has 0 spiro atoms. The Bertz CT molecular complexity index is 491. The van der Waals surface area contributed by atoms with Crippen LogP contribution in [-0.4, -0.2) is 33.7 Å². The summed E-state index contributed by atoms with van der Waals surface area (Å²) in [6.45, 7) is 3.28. The average molecular weight is 253 g/mol. The van der Waals surface area contributed by atoms with Crippen LogP contribution in [0.5, 0.6) is 0 Å². The summed E-state index contributed by atoms with van der Waals surface area (Å²) in [7, 11) is 0. The van der Waals surface area contributed by atoms with Gasteiger partial charge in [0.1, 0.15) is 5.69 Å². The lowest BCUT2D eigenvalue weighted by Crippen LogP contribution is -2.41. The Balaban J connectivity index is 2.69. The Morgan fingerprint density at radius 1 is 1.50 bits per heavy atom. The number of carboxylic acid groups (broad SMARTS) is 1. The van der Waals surface area contributed by atoms with Crippen LogP contribution in [0.2, 0.25) is 0 Å². The van der Waals surface area contributed by atoms with Gasteiger partial charge in [0.15, 0.2) is 0 Å². The predicted molar refractivity (Wildman–Crippen MR) is 63.2 cm³/mol. The minimum absolute atomic E-state index is 0.00151. The van der Waals surface area contributed by atoms with Gasteiger partial charge in [0.2, 0.25) is 0 Å². The molecule has 0 saturated carbocycles. The monoisotopic (exact) mass is 253 g/mol. The van der Waals surface area contributed by atoms with Crippen molar-refractivity contribution >= 4 is 11.9 Å². The number of carboxylic acids is 1. The maximum atomic E-state index is 11.7. The van der Waals surface area contributed by atoms with Gasteiger partial charge in [-0.3, -0.25) is 14.4 Å². The average Bonchev–Trinajstić information content (AvgIpc) is 2.36. The molecule has 1 heterocycles. The first-order valence-electron chi connectivity index (χ1n) is 5.46. The molecule has 7 nitrogen and oxygen atoms in total. The number of aromatic amines is 1. The van der Waals surface area contributed by atoms with E-state index in [1.807, 2.05) is 0 Å². The highest BCUT2D eigenvalue weighted by atomic mass is 16.4. The summed E-state index contributed by atoms with van der Waals surface area (Å²) in [6, 6.07) is 2.45. The van der Waals surface area contributed by atoms with Crippen LogP contribution < -0.4 is 10.9 Å². The third kappa shape index (κ3) is 3.16. The number of carbonyl (C=O) groups is 2. The number of carbonyl (C=O) groups excluding carboxylic acids is 1. The zero-order chi connectivity index (χ0) is 13.8. The molecular formula is C11H15N3O4. The van der Waals surface area contributed by atoms with Crippen LogP contribution in [0.15, 0.2) is 16.9 Å². The van der Waals surface area contributed by atoms with E-state index in [4.69, 9.17) is 5.11 Å². The van der Waals surface area contributed by atoms with Crippen molar-refractivity contribution in [3.8, 4) is 0 Å². The lowest BCUT2D eigenvalue weighted by molar-refractivity contribution is -0.147. The van der Waals surface area contributed by atoms with E-state index < -0.39 is 22.9 Å². The predicted octanol–water partition coefficient (Wildman–Crippen LogP) is 0.000600. The first-order valence-corrected chi connectivity index (χ1v) is 5.46. The van der Waals surface area contributed by atoms with E-state index in [1.54, 1.807) is 13.8 Å². The summed E-state index contributed by atoms with van der Waals surface area (Å²) in [5.74, 6) is -1.49. The number of rotatable bonds is 5. The van der Waals surface area contributed by atoms with E-state index in [9.17, 15) is 14.4 Å². The fourth-order valence-electron chi connectivity index (χ4n) is 1.19. The fourth-order valence-corrected chi connectivity index (χ4v) is 1.19. The highest BCUT2D eigenvalue weighted by molar-refractivity contribution is 5.92. The van der Waals surface area contributed by atoms with Gasteiger partial charge in [0, 0.05) is 12.6 Å². The van der Waals surface area contributed by atoms with Gasteiger partial charge in [0.25, 0.3) is 11.5 Å². The number of aromatic nitrogens is 2. The normalized spacial score (nSPS) is 13.7. The van der Waals surface area contributed by atoms with Crippen LogP contribution in [0, 0.1) is 5.41 Å². The van der Waals surface area contributed by atoms with E-state index in [1.165, 1.54) is 12.1 Å². The van der Waals surface area contributed by atoms with Crippen molar-refractivity contribution in [2.24, 2.45) is 5.41 Å². The quantitative estimate of drug-likeness (QED) is 0.683. The number of aliphatic carboxylic acids is 1. The fraction of sp³-hybridized carbons (Fsp3) is 0.455. The van der Waals surface area contributed by atoms with Crippen molar-refractivity contribution in [3.05, 3.63) is 28.2 Å². The molecule has 0 aliphatic carbocycles. The third-order valence-electron chi connectivity index (χ3n) is 2.85. The molecular weight excluding hydrogens is 238 g/mol. The van der Waals surface area contributed by atoms with E-state index in [2.05, 4.69) is 15.5 Å². The Kier molecular flexibility index (Phi) is 4.19. The largest absolute Gasteiger partial charge is 0.481 e. The maximum Gasteiger partial charge on any atom is 0.311 e. The van der Waals surface area contributed by atoms with E-state index in [0.717, 1.165) is 0 Å². The molecule has 0 radical (unpaired) electrons. The lowest BCUT2D eigenvalue weighted by atomic mass is 9.88. The SMILES string of the molecule is CCC(C)(CNC(=O)c1ccc(=O)[nH]n1)C(=O)O. The van der Waals surface area contributed by atoms with Gasteiger partial charge in [-0.05, 0) is 19.4 Å². The molecule has 0 aliphatic heterocycles. The molecule has 18 heavy (non-hydrogen) atoms. The third-order valence-corrected chi connectivity index (χ3v) is 2.85. The van der Waals surface area contributed by atoms with Gasteiger partial charge >= 0.3 is 5.97 Å². The highest BCUT2D eigenvalue weighted by Crippen LogP contribution is 2.19. The summed E-state index contributed by atoms with van der Waals surface area (Å²) in [5, 5.41) is 17.2.